The van der Waals surface area contributed by atoms with Crippen molar-refractivity contribution in [1.82, 2.24) is 4.72 Å². The van der Waals surface area contributed by atoms with Crippen LogP contribution in [-0.4, -0.2) is 29.2 Å². The second-order valence-electron chi connectivity index (χ2n) is 5.90. The highest BCUT2D eigenvalue weighted by Crippen LogP contribution is 2.27. The van der Waals surface area contributed by atoms with E-state index in [-0.39, 0.29) is 11.4 Å². The summed E-state index contributed by atoms with van der Waals surface area (Å²) in [6.45, 7) is 3.60. The van der Waals surface area contributed by atoms with Gasteiger partial charge in [-0.2, -0.15) is 0 Å². The van der Waals surface area contributed by atoms with Crippen molar-refractivity contribution in [3.05, 3.63) is 58.6 Å². The van der Waals surface area contributed by atoms with Crippen molar-refractivity contribution < 1.29 is 17.9 Å². The highest BCUT2D eigenvalue weighted by molar-refractivity contribution is 7.89. The molecule has 0 amide bonds. The largest absolute Gasteiger partial charge is 0.497 e. The molecule has 136 valence electrons. The Bertz CT molecular complexity index is 854. The number of sulfonamides is 1. The van der Waals surface area contributed by atoms with Crippen LogP contribution in [0.1, 0.15) is 18.1 Å². The topological polar surface area (TPSA) is 64.6 Å². The van der Waals surface area contributed by atoms with Crippen molar-refractivity contribution in [2.45, 2.75) is 24.3 Å². The molecule has 5 nitrogen and oxygen atoms in total. The first kappa shape index (κ1) is 19.7. The molecule has 0 aromatic heterocycles. The Kier molecular flexibility index (Phi) is 6.11. The van der Waals surface area contributed by atoms with E-state index in [1.54, 1.807) is 37.3 Å². The number of nitrogens with one attached hydrogen (secondary N) is 1. The Hall–Kier alpha value is -1.60. The standard InChI is InChI=1S/C18H22ClNO4S/c1-13-10-16(23-3)8-9-17(13)25(21,22)20-12-18(2,24-4)14-6-5-7-15(19)11-14/h5-11,20H,12H2,1-4H3/t18-/m0/s1. The average Bonchev–Trinajstić information content (AvgIpc) is 2.59. The van der Waals surface area contributed by atoms with Gasteiger partial charge in [-0.3, -0.25) is 0 Å². The van der Waals surface area contributed by atoms with Crippen LogP contribution in [0.2, 0.25) is 5.02 Å². The molecule has 0 unspecified atom stereocenters. The number of halogens is 1. The maximum Gasteiger partial charge on any atom is 0.240 e. The highest BCUT2D eigenvalue weighted by atomic mass is 35.5. The molecular formula is C18H22ClNO4S. The molecule has 0 heterocycles. The van der Waals surface area contributed by atoms with Crippen molar-refractivity contribution in [1.29, 1.82) is 0 Å². The summed E-state index contributed by atoms with van der Waals surface area (Å²) in [5, 5.41) is 0.564. The molecule has 0 fully saturated rings. The molecule has 0 saturated carbocycles. The third-order valence-corrected chi connectivity index (χ3v) is 5.95. The zero-order valence-electron chi connectivity index (χ0n) is 14.7. The van der Waals surface area contributed by atoms with Gasteiger partial charge < -0.3 is 9.47 Å². The second kappa shape index (κ2) is 7.74. The molecule has 0 spiro atoms. The first-order valence-corrected chi connectivity index (χ1v) is 9.53. The van der Waals surface area contributed by atoms with Gasteiger partial charge >= 0.3 is 0 Å². The van der Waals surface area contributed by atoms with Gasteiger partial charge in [0.15, 0.2) is 0 Å². The molecule has 0 radical (unpaired) electrons. The molecule has 1 N–H and O–H groups in total. The summed E-state index contributed by atoms with van der Waals surface area (Å²) >= 11 is 6.04. The lowest BCUT2D eigenvalue weighted by Crippen LogP contribution is -2.40. The van der Waals surface area contributed by atoms with E-state index in [1.807, 2.05) is 13.0 Å². The molecule has 0 aliphatic heterocycles. The van der Waals surface area contributed by atoms with Gasteiger partial charge in [0, 0.05) is 18.7 Å². The lowest BCUT2D eigenvalue weighted by molar-refractivity contribution is 0.00698. The van der Waals surface area contributed by atoms with E-state index < -0.39 is 15.6 Å². The smallest absolute Gasteiger partial charge is 0.240 e. The van der Waals surface area contributed by atoms with E-state index in [2.05, 4.69) is 4.72 Å². The molecule has 2 aromatic rings. The zero-order valence-corrected chi connectivity index (χ0v) is 16.2. The Labute approximate surface area is 154 Å². The number of hydrogen-bond donors (Lipinski definition) is 1. The Balaban J connectivity index is 2.25. The van der Waals surface area contributed by atoms with Crippen molar-refractivity contribution in [3.63, 3.8) is 0 Å². The van der Waals surface area contributed by atoms with Gasteiger partial charge in [-0.15, -0.1) is 0 Å². The third-order valence-electron chi connectivity index (χ3n) is 4.16. The fourth-order valence-corrected chi connectivity index (χ4v) is 4.01. The summed E-state index contributed by atoms with van der Waals surface area (Å²) in [5.41, 5.74) is 0.545. The lowest BCUT2D eigenvalue weighted by atomic mass is 9.96. The third kappa shape index (κ3) is 4.52. The summed E-state index contributed by atoms with van der Waals surface area (Å²) in [4.78, 5) is 0.206. The van der Waals surface area contributed by atoms with Crippen LogP contribution in [0.3, 0.4) is 0 Å². The first-order chi connectivity index (χ1) is 11.7. The van der Waals surface area contributed by atoms with E-state index in [1.165, 1.54) is 20.3 Å². The predicted octanol–water partition coefficient (Wildman–Crippen LogP) is 3.50. The van der Waals surface area contributed by atoms with Crippen molar-refractivity contribution in [2.24, 2.45) is 0 Å². The SMILES string of the molecule is COc1ccc(S(=O)(=O)NC[C@](C)(OC)c2cccc(Cl)c2)c(C)c1. The maximum atomic E-state index is 12.7. The van der Waals surface area contributed by atoms with Crippen molar-refractivity contribution >= 4 is 21.6 Å². The number of ether oxygens (including phenoxy) is 2. The van der Waals surface area contributed by atoms with Crippen LogP contribution in [0, 0.1) is 6.92 Å². The quantitative estimate of drug-likeness (QED) is 0.794. The number of rotatable bonds is 7. The molecule has 0 aliphatic rings. The van der Waals surface area contributed by atoms with E-state index in [9.17, 15) is 8.42 Å². The zero-order chi connectivity index (χ0) is 18.7. The second-order valence-corrected chi connectivity index (χ2v) is 8.07. The monoisotopic (exact) mass is 383 g/mol. The van der Waals surface area contributed by atoms with Gasteiger partial charge in [0.25, 0.3) is 0 Å². The molecule has 0 aliphatic carbocycles. The number of methoxy groups -OCH3 is 2. The highest BCUT2D eigenvalue weighted by Gasteiger charge is 2.29. The molecule has 25 heavy (non-hydrogen) atoms. The molecule has 1 atom stereocenters. The van der Waals surface area contributed by atoms with Crippen molar-refractivity contribution in [3.8, 4) is 5.75 Å². The molecule has 0 saturated heterocycles. The van der Waals surface area contributed by atoms with Crippen LogP contribution >= 0.6 is 11.6 Å². The summed E-state index contributed by atoms with van der Waals surface area (Å²) in [6, 6.07) is 12.0. The number of hydrogen-bond acceptors (Lipinski definition) is 4. The maximum absolute atomic E-state index is 12.7. The van der Waals surface area contributed by atoms with E-state index in [0.29, 0.717) is 16.3 Å². The van der Waals surface area contributed by atoms with Gasteiger partial charge in [0.2, 0.25) is 10.0 Å². The fraction of sp³-hybridized carbons (Fsp3) is 0.333. The minimum absolute atomic E-state index is 0.0671. The minimum Gasteiger partial charge on any atom is -0.497 e. The molecule has 2 rings (SSSR count). The Morgan fingerprint density at radius 3 is 2.44 bits per heavy atom. The van der Waals surface area contributed by atoms with E-state index >= 15 is 0 Å². The molecule has 0 bridgehead atoms. The molecule has 2 aromatic carbocycles. The number of benzene rings is 2. The summed E-state index contributed by atoms with van der Waals surface area (Å²) < 4.78 is 38.7. The van der Waals surface area contributed by atoms with Gasteiger partial charge in [-0.25, -0.2) is 13.1 Å². The predicted molar refractivity (Wildman–Crippen MR) is 98.7 cm³/mol. The van der Waals surface area contributed by atoms with Gasteiger partial charge in [-0.05, 0) is 55.3 Å². The summed E-state index contributed by atoms with van der Waals surface area (Å²) in [6.07, 6.45) is 0. The fourth-order valence-electron chi connectivity index (χ4n) is 2.47. The number of aryl methyl sites for hydroxylation is 1. The first-order valence-electron chi connectivity index (χ1n) is 7.67. The van der Waals surface area contributed by atoms with Crippen LogP contribution in [0.25, 0.3) is 0 Å². The summed E-state index contributed by atoms with van der Waals surface area (Å²) in [7, 11) is -0.622. The molecular weight excluding hydrogens is 362 g/mol. The van der Waals surface area contributed by atoms with Gasteiger partial charge in [-0.1, -0.05) is 23.7 Å². The van der Waals surface area contributed by atoms with Crippen LogP contribution < -0.4 is 9.46 Å². The van der Waals surface area contributed by atoms with Crippen molar-refractivity contribution in [2.75, 3.05) is 20.8 Å². The van der Waals surface area contributed by atoms with E-state index in [4.69, 9.17) is 21.1 Å². The van der Waals surface area contributed by atoms with Crippen LogP contribution in [0.4, 0.5) is 0 Å². The van der Waals surface area contributed by atoms with E-state index in [0.717, 1.165) is 5.56 Å². The van der Waals surface area contributed by atoms with Gasteiger partial charge in [0.05, 0.1) is 12.0 Å². The van der Waals surface area contributed by atoms with Gasteiger partial charge in [0.1, 0.15) is 11.4 Å². The Morgan fingerprint density at radius 2 is 1.88 bits per heavy atom. The Morgan fingerprint density at radius 1 is 1.16 bits per heavy atom. The van der Waals surface area contributed by atoms with Crippen LogP contribution in [0.15, 0.2) is 47.4 Å². The molecule has 7 heteroatoms. The lowest BCUT2D eigenvalue weighted by Gasteiger charge is -2.29. The minimum atomic E-state index is -3.70. The van der Waals surface area contributed by atoms with Crippen LogP contribution in [-0.2, 0) is 20.4 Å². The normalized spacial score (nSPS) is 14.1. The average molecular weight is 384 g/mol. The summed E-state index contributed by atoms with van der Waals surface area (Å²) in [5.74, 6) is 0.608. The van der Waals surface area contributed by atoms with Crippen LogP contribution in [0.5, 0.6) is 5.75 Å².